The van der Waals surface area contributed by atoms with Crippen molar-refractivity contribution in [2.45, 2.75) is 85.1 Å². The van der Waals surface area contributed by atoms with Gasteiger partial charge in [-0.25, -0.2) is 0 Å². The van der Waals surface area contributed by atoms with Crippen LogP contribution < -0.4 is 11.3 Å². The van der Waals surface area contributed by atoms with Crippen molar-refractivity contribution < 1.29 is 0 Å². The lowest BCUT2D eigenvalue weighted by molar-refractivity contribution is 0.134. The second-order valence-electron chi connectivity index (χ2n) is 7.02. The zero-order valence-electron chi connectivity index (χ0n) is 13.0. The molecule has 0 aromatic carbocycles. The van der Waals surface area contributed by atoms with Crippen LogP contribution in [0.25, 0.3) is 0 Å². The zero-order chi connectivity index (χ0) is 13.6. The molecule has 0 aromatic rings. The Labute approximate surface area is 114 Å². The lowest BCUT2D eigenvalue weighted by Gasteiger charge is -2.40. The molecule has 0 heterocycles. The smallest absolute Gasteiger partial charge is 0.0269 e. The Morgan fingerprint density at radius 1 is 1.17 bits per heavy atom. The van der Waals surface area contributed by atoms with E-state index in [9.17, 15) is 0 Å². The quantitative estimate of drug-likeness (QED) is 0.502. The number of nitrogens with one attached hydrogen (secondary N) is 1. The van der Waals surface area contributed by atoms with E-state index in [1.54, 1.807) is 0 Å². The Bertz CT molecular complexity index is 219. The minimum atomic E-state index is 0.477. The normalized spacial score (nSPS) is 22.3. The van der Waals surface area contributed by atoms with Crippen molar-refractivity contribution in [3.8, 4) is 0 Å². The fraction of sp³-hybridized carbons (Fsp3) is 1.00. The van der Waals surface area contributed by atoms with Crippen LogP contribution in [-0.4, -0.2) is 6.04 Å². The minimum Gasteiger partial charge on any atom is -0.271 e. The first-order valence-electron chi connectivity index (χ1n) is 8.00. The second-order valence-corrected chi connectivity index (χ2v) is 7.02. The molecule has 1 aliphatic rings. The summed E-state index contributed by atoms with van der Waals surface area (Å²) in [5.41, 5.74) is 3.66. The average Bonchev–Trinajstić information content (AvgIpc) is 2.74. The van der Waals surface area contributed by atoms with Crippen LogP contribution in [-0.2, 0) is 0 Å². The van der Waals surface area contributed by atoms with Gasteiger partial charge >= 0.3 is 0 Å². The van der Waals surface area contributed by atoms with Crippen molar-refractivity contribution in [1.82, 2.24) is 5.43 Å². The molecule has 1 aliphatic carbocycles. The molecule has 0 saturated heterocycles. The average molecular weight is 254 g/mol. The van der Waals surface area contributed by atoms with Crippen LogP contribution in [0.2, 0.25) is 0 Å². The van der Waals surface area contributed by atoms with Crippen LogP contribution in [0.1, 0.15) is 79.1 Å². The van der Waals surface area contributed by atoms with Crippen molar-refractivity contribution in [1.29, 1.82) is 0 Å². The largest absolute Gasteiger partial charge is 0.271 e. The standard InChI is InChI=1S/C16H34N2/c1-5-8-14(4)11-15(18-17)16(12-13(2)3)9-6-7-10-16/h13-15,18H,5-12,17H2,1-4H3. The molecule has 1 saturated carbocycles. The summed E-state index contributed by atoms with van der Waals surface area (Å²) < 4.78 is 0. The van der Waals surface area contributed by atoms with Gasteiger partial charge in [-0.2, -0.15) is 0 Å². The maximum absolute atomic E-state index is 5.91. The molecule has 2 heteroatoms. The number of hydrogen-bond acceptors (Lipinski definition) is 2. The molecular weight excluding hydrogens is 220 g/mol. The highest BCUT2D eigenvalue weighted by atomic mass is 15.2. The lowest BCUT2D eigenvalue weighted by Crippen LogP contribution is -2.48. The van der Waals surface area contributed by atoms with E-state index in [0.717, 1.165) is 11.8 Å². The summed E-state index contributed by atoms with van der Waals surface area (Å²) in [6.45, 7) is 9.36. The van der Waals surface area contributed by atoms with Crippen LogP contribution in [0.3, 0.4) is 0 Å². The number of nitrogens with two attached hydrogens (primary N) is 1. The van der Waals surface area contributed by atoms with E-state index in [4.69, 9.17) is 5.84 Å². The summed E-state index contributed by atoms with van der Waals surface area (Å²) in [4.78, 5) is 0. The van der Waals surface area contributed by atoms with E-state index >= 15 is 0 Å². The first kappa shape index (κ1) is 16.0. The van der Waals surface area contributed by atoms with Gasteiger partial charge in [-0.15, -0.1) is 0 Å². The van der Waals surface area contributed by atoms with E-state index in [1.165, 1.54) is 51.4 Å². The van der Waals surface area contributed by atoms with E-state index in [0.29, 0.717) is 11.5 Å². The van der Waals surface area contributed by atoms with Crippen LogP contribution >= 0.6 is 0 Å². The fourth-order valence-electron chi connectivity index (χ4n) is 4.09. The van der Waals surface area contributed by atoms with Gasteiger partial charge in [0.15, 0.2) is 0 Å². The molecule has 0 radical (unpaired) electrons. The van der Waals surface area contributed by atoms with E-state index in [2.05, 4.69) is 33.1 Å². The Balaban J connectivity index is 2.68. The second kappa shape index (κ2) is 7.49. The summed E-state index contributed by atoms with van der Waals surface area (Å²) >= 11 is 0. The highest BCUT2D eigenvalue weighted by Crippen LogP contribution is 2.47. The lowest BCUT2D eigenvalue weighted by atomic mass is 9.70. The maximum Gasteiger partial charge on any atom is 0.0269 e. The molecule has 2 unspecified atom stereocenters. The van der Waals surface area contributed by atoms with Crippen LogP contribution in [0, 0.1) is 17.3 Å². The molecule has 1 rings (SSSR count). The summed E-state index contributed by atoms with van der Waals surface area (Å²) in [6.07, 6.45) is 10.7. The number of hydrogen-bond donors (Lipinski definition) is 2. The van der Waals surface area contributed by atoms with Gasteiger partial charge in [-0.1, -0.05) is 53.4 Å². The Hall–Kier alpha value is -0.0800. The third-order valence-corrected chi connectivity index (χ3v) is 4.77. The molecule has 0 aromatic heterocycles. The van der Waals surface area contributed by atoms with Crippen molar-refractivity contribution in [3.05, 3.63) is 0 Å². The van der Waals surface area contributed by atoms with Gasteiger partial charge in [0.05, 0.1) is 0 Å². The molecule has 108 valence electrons. The molecule has 0 spiro atoms. The predicted molar refractivity (Wildman–Crippen MR) is 80.2 cm³/mol. The van der Waals surface area contributed by atoms with Crippen molar-refractivity contribution in [3.63, 3.8) is 0 Å². The van der Waals surface area contributed by atoms with Gasteiger partial charge < -0.3 is 0 Å². The fourth-order valence-corrected chi connectivity index (χ4v) is 4.09. The van der Waals surface area contributed by atoms with Gasteiger partial charge in [0, 0.05) is 6.04 Å². The first-order chi connectivity index (χ1) is 8.54. The molecule has 2 atom stereocenters. The van der Waals surface area contributed by atoms with Crippen LogP contribution in [0.15, 0.2) is 0 Å². The molecule has 18 heavy (non-hydrogen) atoms. The maximum atomic E-state index is 5.91. The van der Waals surface area contributed by atoms with Gasteiger partial charge in [-0.3, -0.25) is 11.3 Å². The highest BCUT2D eigenvalue weighted by molar-refractivity contribution is 4.95. The molecule has 2 nitrogen and oxygen atoms in total. The SMILES string of the molecule is CCCC(C)CC(NN)C1(CC(C)C)CCCC1. The molecule has 3 N–H and O–H groups in total. The summed E-state index contributed by atoms with van der Waals surface area (Å²) in [5.74, 6) is 7.48. The molecule has 0 amide bonds. The van der Waals surface area contributed by atoms with Crippen molar-refractivity contribution in [2.75, 3.05) is 0 Å². The molecular formula is C16H34N2. The Kier molecular flexibility index (Phi) is 6.65. The van der Waals surface area contributed by atoms with E-state index in [1.807, 2.05) is 0 Å². The molecule has 0 aliphatic heterocycles. The topological polar surface area (TPSA) is 38.0 Å². The Morgan fingerprint density at radius 3 is 2.22 bits per heavy atom. The molecule has 0 bridgehead atoms. The highest BCUT2D eigenvalue weighted by Gasteiger charge is 2.41. The molecule has 1 fully saturated rings. The van der Waals surface area contributed by atoms with Crippen molar-refractivity contribution >= 4 is 0 Å². The van der Waals surface area contributed by atoms with E-state index in [-0.39, 0.29) is 0 Å². The first-order valence-corrected chi connectivity index (χ1v) is 8.00. The summed E-state index contributed by atoms with van der Waals surface area (Å²) in [6, 6.07) is 0.518. The zero-order valence-corrected chi connectivity index (χ0v) is 13.0. The third-order valence-electron chi connectivity index (χ3n) is 4.77. The van der Waals surface area contributed by atoms with Gasteiger partial charge in [0.25, 0.3) is 0 Å². The summed E-state index contributed by atoms with van der Waals surface area (Å²) in [7, 11) is 0. The van der Waals surface area contributed by atoms with Gasteiger partial charge in [-0.05, 0) is 42.9 Å². The summed E-state index contributed by atoms with van der Waals surface area (Å²) in [5, 5.41) is 0. The van der Waals surface area contributed by atoms with E-state index < -0.39 is 0 Å². The van der Waals surface area contributed by atoms with Crippen molar-refractivity contribution in [2.24, 2.45) is 23.1 Å². The minimum absolute atomic E-state index is 0.477. The predicted octanol–water partition coefficient (Wildman–Crippen LogP) is 4.25. The number of rotatable bonds is 8. The van der Waals surface area contributed by atoms with Gasteiger partial charge in [0.2, 0.25) is 0 Å². The Morgan fingerprint density at radius 2 is 1.78 bits per heavy atom. The van der Waals surface area contributed by atoms with Gasteiger partial charge in [0.1, 0.15) is 0 Å². The third kappa shape index (κ3) is 4.24. The van der Waals surface area contributed by atoms with Crippen LogP contribution in [0.4, 0.5) is 0 Å². The van der Waals surface area contributed by atoms with Crippen LogP contribution in [0.5, 0.6) is 0 Å². The monoisotopic (exact) mass is 254 g/mol. The number of hydrazine groups is 1.